The molecule has 3 heterocycles. The highest BCUT2D eigenvalue weighted by molar-refractivity contribution is 5.81. The zero-order valence-electron chi connectivity index (χ0n) is 17.3. The molecule has 1 amide bonds. The van der Waals surface area contributed by atoms with Crippen LogP contribution in [0.1, 0.15) is 69.3 Å². The van der Waals surface area contributed by atoms with E-state index in [1.807, 2.05) is 29.6 Å². The normalized spacial score (nSPS) is 19.1. The van der Waals surface area contributed by atoms with Gasteiger partial charge in [-0.25, -0.2) is 9.67 Å². The van der Waals surface area contributed by atoms with E-state index in [1.54, 1.807) is 0 Å². The molecule has 148 valence electrons. The highest BCUT2D eigenvalue weighted by Gasteiger charge is 2.29. The van der Waals surface area contributed by atoms with Crippen LogP contribution >= 0.6 is 0 Å². The van der Waals surface area contributed by atoms with Gasteiger partial charge in [0.2, 0.25) is 5.91 Å². The molecule has 0 bridgehead atoms. The Labute approximate surface area is 162 Å². The van der Waals surface area contributed by atoms with Crippen molar-refractivity contribution in [2.75, 3.05) is 6.54 Å². The van der Waals surface area contributed by atoms with Crippen molar-refractivity contribution >= 4 is 16.9 Å². The first kappa shape index (κ1) is 19.8. The molecule has 1 aliphatic rings. The zero-order chi connectivity index (χ0) is 19.7. The molecule has 0 aromatic carbocycles. The molecule has 0 radical (unpaired) electrons. The minimum Gasteiger partial charge on any atom is -0.338 e. The number of aryl methyl sites for hydroxylation is 2. The third-order valence-electron chi connectivity index (χ3n) is 5.89. The first-order valence-corrected chi connectivity index (χ1v) is 10.2. The Morgan fingerprint density at radius 1 is 1.30 bits per heavy atom. The van der Waals surface area contributed by atoms with Gasteiger partial charge in [0, 0.05) is 42.2 Å². The standard InChI is InChI=1S/C21H33N5O/c1-13(2)26-21-18(12-23-26)14(3)17(16(5)24-21)9-10-20(27)25-11-7-6-8-19(25)15(4)22/h12-13,15,19H,6-11,22H2,1-5H3. The largest absolute Gasteiger partial charge is 0.338 e. The van der Waals surface area contributed by atoms with Crippen molar-refractivity contribution in [3.63, 3.8) is 0 Å². The first-order valence-electron chi connectivity index (χ1n) is 10.2. The summed E-state index contributed by atoms with van der Waals surface area (Å²) in [5, 5.41) is 5.59. The maximum absolute atomic E-state index is 12.9. The van der Waals surface area contributed by atoms with E-state index < -0.39 is 0 Å². The lowest BCUT2D eigenvalue weighted by Crippen LogP contribution is -2.51. The quantitative estimate of drug-likeness (QED) is 0.875. The Morgan fingerprint density at radius 3 is 2.70 bits per heavy atom. The molecule has 1 fully saturated rings. The van der Waals surface area contributed by atoms with E-state index >= 15 is 0 Å². The summed E-state index contributed by atoms with van der Waals surface area (Å²) in [6.45, 7) is 11.2. The number of fused-ring (bicyclic) bond motifs is 1. The maximum Gasteiger partial charge on any atom is 0.223 e. The molecule has 6 nitrogen and oxygen atoms in total. The SMILES string of the molecule is Cc1nc2c(cnn2C(C)C)c(C)c1CCC(=O)N1CCCCC1C(C)N. The number of likely N-dealkylation sites (tertiary alicyclic amines) is 1. The van der Waals surface area contributed by atoms with E-state index in [4.69, 9.17) is 10.7 Å². The van der Waals surface area contributed by atoms with Crippen molar-refractivity contribution < 1.29 is 4.79 Å². The Morgan fingerprint density at radius 2 is 2.04 bits per heavy atom. The molecular formula is C21H33N5O. The van der Waals surface area contributed by atoms with Gasteiger partial charge in [0.1, 0.15) is 0 Å². The van der Waals surface area contributed by atoms with Gasteiger partial charge in [-0.15, -0.1) is 0 Å². The van der Waals surface area contributed by atoms with Crippen LogP contribution in [-0.2, 0) is 11.2 Å². The van der Waals surface area contributed by atoms with Crippen molar-refractivity contribution in [2.45, 2.75) is 84.8 Å². The summed E-state index contributed by atoms with van der Waals surface area (Å²) < 4.78 is 1.96. The third kappa shape index (κ3) is 3.86. The summed E-state index contributed by atoms with van der Waals surface area (Å²) >= 11 is 0. The van der Waals surface area contributed by atoms with Crippen LogP contribution in [0.4, 0.5) is 0 Å². The Balaban J connectivity index is 1.79. The Kier molecular flexibility index (Phi) is 5.84. The number of pyridine rings is 1. The van der Waals surface area contributed by atoms with Crippen molar-refractivity contribution in [2.24, 2.45) is 5.73 Å². The van der Waals surface area contributed by atoms with Gasteiger partial charge in [-0.1, -0.05) is 0 Å². The summed E-state index contributed by atoms with van der Waals surface area (Å²) in [5.41, 5.74) is 10.4. The number of hydrogen-bond donors (Lipinski definition) is 1. The number of hydrogen-bond acceptors (Lipinski definition) is 4. The van der Waals surface area contributed by atoms with Crippen LogP contribution in [0.25, 0.3) is 11.0 Å². The number of rotatable bonds is 5. The van der Waals surface area contributed by atoms with E-state index in [2.05, 4.69) is 25.9 Å². The lowest BCUT2D eigenvalue weighted by Gasteiger charge is -2.38. The van der Waals surface area contributed by atoms with E-state index in [-0.39, 0.29) is 24.0 Å². The molecule has 0 saturated carbocycles. The molecule has 3 rings (SSSR count). The average Bonchev–Trinajstić information content (AvgIpc) is 3.05. The summed E-state index contributed by atoms with van der Waals surface area (Å²) in [5.74, 6) is 0.216. The second-order valence-corrected chi connectivity index (χ2v) is 8.23. The number of carbonyl (C=O) groups is 1. The predicted octanol–water partition coefficient (Wildman–Crippen LogP) is 3.29. The fourth-order valence-electron chi connectivity index (χ4n) is 4.33. The second-order valence-electron chi connectivity index (χ2n) is 8.23. The molecule has 2 aromatic rings. The van der Waals surface area contributed by atoms with Crippen LogP contribution in [0.3, 0.4) is 0 Å². The smallest absolute Gasteiger partial charge is 0.223 e. The number of nitrogens with two attached hydrogens (primary N) is 1. The average molecular weight is 372 g/mol. The molecular weight excluding hydrogens is 338 g/mol. The van der Waals surface area contributed by atoms with Gasteiger partial charge in [-0.3, -0.25) is 4.79 Å². The van der Waals surface area contributed by atoms with Crippen LogP contribution < -0.4 is 5.73 Å². The number of nitrogens with zero attached hydrogens (tertiary/aromatic N) is 4. The molecule has 1 saturated heterocycles. The highest BCUT2D eigenvalue weighted by Crippen LogP contribution is 2.26. The van der Waals surface area contributed by atoms with Gasteiger partial charge >= 0.3 is 0 Å². The van der Waals surface area contributed by atoms with Crippen LogP contribution in [0.2, 0.25) is 0 Å². The van der Waals surface area contributed by atoms with Gasteiger partial charge in [-0.05, 0) is 71.4 Å². The van der Waals surface area contributed by atoms with Gasteiger partial charge in [-0.2, -0.15) is 5.10 Å². The molecule has 2 aromatic heterocycles. The molecule has 2 N–H and O–H groups in total. The minimum absolute atomic E-state index is 0.0256. The fraction of sp³-hybridized carbons (Fsp3) is 0.667. The van der Waals surface area contributed by atoms with E-state index in [9.17, 15) is 4.79 Å². The number of aromatic nitrogens is 3. The van der Waals surface area contributed by atoms with Crippen LogP contribution in [0.5, 0.6) is 0 Å². The van der Waals surface area contributed by atoms with E-state index in [0.717, 1.165) is 42.5 Å². The van der Waals surface area contributed by atoms with Crippen molar-refractivity contribution in [1.29, 1.82) is 0 Å². The lowest BCUT2D eigenvalue weighted by molar-refractivity contribution is -0.135. The highest BCUT2D eigenvalue weighted by atomic mass is 16.2. The first-order chi connectivity index (χ1) is 12.8. The van der Waals surface area contributed by atoms with Gasteiger partial charge in [0.25, 0.3) is 0 Å². The molecule has 0 spiro atoms. The lowest BCUT2D eigenvalue weighted by atomic mass is 9.95. The van der Waals surface area contributed by atoms with Crippen LogP contribution in [-0.4, -0.2) is 44.2 Å². The topological polar surface area (TPSA) is 77.0 Å². The van der Waals surface area contributed by atoms with Crippen molar-refractivity contribution in [3.05, 3.63) is 23.0 Å². The number of amides is 1. The van der Waals surface area contributed by atoms with E-state index in [0.29, 0.717) is 12.8 Å². The summed E-state index contributed by atoms with van der Waals surface area (Å²) in [4.78, 5) is 19.7. The summed E-state index contributed by atoms with van der Waals surface area (Å²) in [6.07, 6.45) is 6.39. The monoisotopic (exact) mass is 371 g/mol. The Bertz CT molecular complexity index is 824. The van der Waals surface area contributed by atoms with Gasteiger partial charge in [0.05, 0.1) is 6.20 Å². The molecule has 2 atom stereocenters. The minimum atomic E-state index is 0.0256. The van der Waals surface area contributed by atoms with Crippen LogP contribution in [0, 0.1) is 13.8 Å². The fourth-order valence-corrected chi connectivity index (χ4v) is 4.33. The van der Waals surface area contributed by atoms with Crippen molar-refractivity contribution in [3.8, 4) is 0 Å². The second kappa shape index (κ2) is 7.97. The summed E-state index contributed by atoms with van der Waals surface area (Å²) in [7, 11) is 0. The zero-order valence-corrected chi connectivity index (χ0v) is 17.3. The predicted molar refractivity (Wildman–Crippen MR) is 109 cm³/mol. The molecule has 1 aliphatic heterocycles. The third-order valence-corrected chi connectivity index (χ3v) is 5.89. The van der Waals surface area contributed by atoms with Crippen molar-refractivity contribution in [1.82, 2.24) is 19.7 Å². The van der Waals surface area contributed by atoms with E-state index in [1.165, 1.54) is 11.1 Å². The maximum atomic E-state index is 12.9. The van der Waals surface area contributed by atoms with Gasteiger partial charge < -0.3 is 10.6 Å². The molecule has 6 heteroatoms. The Hall–Kier alpha value is -1.95. The molecule has 0 aliphatic carbocycles. The molecule has 27 heavy (non-hydrogen) atoms. The number of carbonyl (C=O) groups excluding carboxylic acids is 1. The number of piperidine rings is 1. The van der Waals surface area contributed by atoms with Crippen LogP contribution in [0.15, 0.2) is 6.20 Å². The summed E-state index contributed by atoms with van der Waals surface area (Å²) in [6, 6.07) is 0.478. The van der Waals surface area contributed by atoms with Gasteiger partial charge in [0.15, 0.2) is 5.65 Å². The molecule has 2 unspecified atom stereocenters.